The zero-order valence-corrected chi connectivity index (χ0v) is 11.9. The van der Waals surface area contributed by atoms with Crippen molar-refractivity contribution in [2.75, 3.05) is 34.4 Å². The summed E-state index contributed by atoms with van der Waals surface area (Å²) < 4.78 is 15.7. The fourth-order valence-corrected chi connectivity index (χ4v) is 2.28. The topological polar surface area (TPSA) is 68.8 Å². The van der Waals surface area contributed by atoms with Gasteiger partial charge in [0.15, 0.2) is 0 Å². The fraction of sp³-hybridized carbons (Fsp3) is 0.500. The number of nitrogens with one attached hydrogen (secondary N) is 2. The Morgan fingerprint density at radius 3 is 2.70 bits per heavy atom. The van der Waals surface area contributed by atoms with Crippen LogP contribution in [0.5, 0.6) is 11.5 Å². The number of ether oxygens (including phenoxy) is 3. The molecule has 0 spiro atoms. The van der Waals surface area contributed by atoms with Crippen molar-refractivity contribution < 1.29 is 19.0 Å². The third-order valence-electron chi connectivity index (χ3n) is 3.43. The molecule has 6 heteroatoms. The van der Waals surface area contributed by atoms with Gasteiger partial charge in [-0.15, -0.1) is 0 Å². The van der Waals surface area contributed by atoms with Crippen LogP contribution < -0.4 is 20.1 Å². The standard InChI is InChI=1S/C14H20N2O4/c1-18-9-4-5-10(12(6-9)19-2)14(17)16-11-7-15-8-13(11)20-3/h4-6,11,13,15H,7-8H2,1-3H3,(H,16,17)/t11?,13-/m0/s1. The lowest BCUT2D eigenvalue weighted by Gasteiger charge is -2.19. The Morgan fingerprint density at radius 2 is 2.05 bits per heavy atom. The first kappa shape index (κ1) is 14.6. The van der Waals surface area contributed by atoms with E-state index in [1.54, 1.807) is 32.4 Å². The largest absolute Gasteiger partial charge is 0.497 e. The van der Waals surface area contributed by atoms with Crippen molar-refractivity contribution in [1.29, 1.82) is 0 Å². The number of methoxy groups -OCH3 is 3. The predicted octanol–water partition coefficient (Wildman–Crippen LogP) is 0.420. The second-order valence-electron chi connectivity index (χ2n) is 4.58. The van der Waals surface area contributed by atoms with Crippen LogP contribution in [0.25, 0.3) is 0 Å². The average Bonchev–Trinajstić information content (AvgIpc) is 2.93. The number of hydrogen-bond acceptors (Lipinski definition) is 5. The van der Waals surface area contributed by atoms with Crippen LogP contribution in [0.4, 0.5) is 0 Å². The Hall–Kier alpha value is -1.79. The summed E-state index contributed by atoms with van der Waals surface area (Å²) in [5.74, 6) is 0.956. The van der Waals surface area contributed by atoms with E-state index in [1.165, 1.54) is 7.11 Å². The van der Waals surface area contributed by atoms with Gasteiger partial charge in [-0.2, -0.15) is 0 Å². The summed E-state index contributed by atoms with van der Waals surface area (Å²) in [6.45, 7) is 1.43. The van der Waals surface area contributed by atoms with Crippen LogP contribution in [0.3, 0.4) is 0 Å². The molecule has 110 valence electrons. The number of rotatable bonds is 5. The van der Waals surface area contributed by atoms with Gasteiger partial charge in [-0.25, -0.2) is 0 Å². The van der Waals surface area contributed by atoms with Crippen LogP contribution >= 0.6 is 0 Å². The van der Waals surface area contributed by atoms with Gasteiger partial charge in [-0.05, 0) is 12.1 Å². The molecule has 1 aromatic carbocycles. The molecule has 0 bridgehead atoms. The lowest BCUT2D eigenvalue weighted by atomic mass is 10.1. The Kier molecular flexibility index (Phi) is 4.81. The molecule has 2 N–H and O–H groups in total. The van der Waals surface area contributed by atoms with Gasteiger partial charge in [-0.1, -0.05) is 0 Å². The molecule has 6 nitrogen and oxygen atoms in total. The normalized spacial score (nSPS) is 21.6. The van der Waals surface area contributed by atoms with Gasteiger partial charge >= 0.3 is 0 Å². The van der Waals surface area contributed by atoms with E-state index in [-0.39, 0.29) is 18.1 Å². The third kappa shape index (κ3) is 3.02. The molecule has 0 saturated carbocycles. The van der Waals surface area contributed by atoms with Crippen molar-refractivity contribution in [1.82, 2.24) is 10.6 Å². The highest BCUT2D eigenvalue weighted by atomic mass is 16.5. The summed E-state index contributed by atoms with van der Waals surface area (Å²) in [7, 11) is 4.74. The molecule has 1 amide bonds. The summed E-state index contributed by atoms with van der Waals surface area (Å²) in [4.78, 5) is 12.3. The summed E-state index contributed by atoms with van der Waals surface area (Å²) in [5, 5.41) is 6.15. The van der Waals surface area contributed by atoms with E-state index in [2.05, 4.69) is 10.6 Å². The first-order valence-corrected chi connectivity index (χ1v) is 6.46. The molecular weight excluding hydrogens is 260 g/mol. The summed E-state index contributed by atoms with van der Waals surface area (Å²) in [6.07, 6.45) is -0.0109. The van der Waals surface area contributed by atoms with Crippen molar-refractivity contribution in [3.8, 4) is 11.5 Å². The van der Waals surface area contributed by atoms with E-state index in [9.17, 15) is 4.79 Å². The maximum atomic E-state index is 12.3. The van der Waals surface area contributed by atoms with E-state index >= 15 is 0 Å². The monoisotopic (exact) mass is 280 g/mol. The molecule has 0 aliphatic carbocycles. The van der Waals surface area contributed by atoms with E-state index < -0.39 is 0 Å². The molecule has 1 aromatic rings. The Morgan fingerprint density at radius 1 is 1.25 bits per heavy atom. The smallest absolute Gasteiger partial charge is 0.255 e. The molecule has 1 heterocycles. The second kappa shape index (κ2) is 6.58. The lowest BCUT2D eigenvalue weighted by molar-refractivity contribution is 0.0777. The molecular formula is C14H20N2O4. The minimum atomic E-state index is -0.180. The summed E-state index contributed by atoms with van der Waals surface area (Å²) in [6, 6.07) is 5.07. The highest BCUT2D eigenvalue weighted by molar-refractivity contribution is 5.97. The number of benzene rings is 1. The quantitative estimate of drug-likeness (QED) is 0.818. The van der Waals surface area contributed by atoms with Gasteiger partial charge in [0, 0.05) is 26.3 Å². The third-order valence-corrected chi connectivity index (χ3v) is 3.43. The van der Waals surface area contributed by atoms with Crippen molar-refractivity contribution in [3.05, 3.63) is 23.8 Å². The average molecular weight is 280 g/mol. The van der Waals surface area contributed by atoms with Crippen molar-refractivity contribution in [2.45, 2.75) is 12.1 Å². The molecule has 2 atom stereocenters. The van der Waals surface area contributed by atoms with Gasteiger partial charge in [0.05, 0.1) is 31.9 Å². The van der Waals surface area contributed by atoms with Crippen molar-refractivity contribution in [2.24, 2.45) is 0 Å². The Balaban J connectivity index is 2.12. The van der Waals surface area contributed by atoms with Crippen molar-refractivity contribution >= 4 is 5.91 Å². The predicted molar refractivity (Wildman–Crippen MR) is 74.5 cm³/mol. The number of carbonyl (C=O) groups is 1. The maximum absolute atomic E-state index is 12.3. The van der Waals surface area contributed by atoms with Gasteiger partial charge in [-0.3, -0.25) is 4.79 Å². The summed E-state index contributed by atoms with van der Waals surface area (Å²) >= 11 is 0. The first-order valence-electron chi connectivity index (χ1n) is 6.46. The van der Waals surface area contributed by atoms with E-state index in [0.717, 1.165) is 6.54 Å². The van der Waals surface area contributed by atoms with E-state index in [4.69, 9.17) is 14.2 Å². The van der Waals surface area contributed by atoms with E-state index in [0.29, 0.717) is 23.6 Å². The number of amides is 1. The van der Waals surface area contributed by atoms with E-state index in [1.807, 2.05) is 0 Å². The molecule has 1 unspecified atom stereocenters. The van der Waals surface area contributed by atoms with Crippen molar-refractivity contribution in [3.63, 3.8) is 0 Å². The number of carbonyl (C=O) groups excluding carboxylic acids is 1. The Labute approximate surface area is 118 Å². The fourth-order valence-electron chi connectivity index (χ4n) is 2.28. The molecule has 1 aliphatic heterocycles. The first-order chi connectivity index (χ1) is 9.69. The molecule has 1 aliphatic rings. The molecule has 0 aromatic heterocycles. The molecule has 1 saturated heterocycles. The highest BCUT2D eigenvalue weighted by Crippen LogP contribution is 2.24. The molecule has 2 rings (SSSR count). The van der Waals surface area contributed by atoms with Gasteiger partial charge < -0.3 is 24.8 Å². The zero-order chi connectivity index (χ0) is 14.5. The maximum Gasteiger partial charge on any atom is 0.255 e. The molecule has 20 heavy (non-hydrogen) atoms. The van der Waals surface area contributed by atoms with Gasteiger partial charge in [0.1, 0.15) is 11.5 Å². The van der Waals surface area contributed by atoms with Gasteiger partial charge in [0.2, 0.25) is 0 Å². The van der Waals surface area contributed by atoms with Crippen LogP contribution in [0.1, 0.15) is 10.4 Å². The molecule has 0 radical (unpaired) electrons. The van der Waals surface area contributed by atoms with Crippen LogP contribution in [-0.2, 0) is 4.74 Å². The Bertz CT molecular complexity index is 478. The highest BCUT2D eigenvalue weighted by Gasteiger charge is 2.29. The zero-order valence-electron chi connectivity index (χ0n) is 11.9. The SMILES string of the molecule is COc1ccc(C(=O)NC2CNC[C@@H]2OC)c(OC)c1. The van der Waals surface area contributed by atoms with Crippen LogP contribution in [-0.4, -0.2) is 52.5 Å². The summed E-state index contributed by atoms with van der Waals surface area (Å²) in [5.41, 5.74) is 0.482. The minimum Gasteiger partial charge on any atom is -0.497 e. The lowest BCUT2D eigenvalue weighted by Crippen LogP contribution is -2.43. The second-order valence-corrected chi connectivity index (χ2v) is 4.58. The number of hydrogen-bond donors (Lipinski definition) is 2. The molecule has 1 fully saturated rings. The minimum absolute atomic E-state index is 0.0109. The van der Waals surface area contributed by atoms with Crippen LogP contribution in [0.2, 0.25) is 0 Å². The van der Waals surface area contributed by atoms with Crippen LogP contribution in [0, 0.1) is 0 Å². The van der Waals surface area contributed by atoms with Crippen LogP contribution in [0.15, 0.2) is 18.2 Å². The van der Waals surface area contributed by atoms with Gasteiger partial charge in [0.25, 0.3) is 5.91 Å².